The molecule has 16 aromatic carbocycles. The van der Waals surface area contributed by atoms with Crippen molar-refractivity contribution in [2.45, 2.75) is 24.7 Å². The van der Waals surface area contributed by atoms with Crippen LogP contribution in [0.4, 0.5) is 0 Å². The molecule has 104 heavy (non-hydrogen) atoms. The summed E-state index contributed by atoms with van der Waals surface area (Å²) < 4.78 is 10.3. The van der Waals surface area contributed by atoms with Crippen LogP contribution in [0.3, 0.4) is 0 Å². The van der Waals surface area contributed by atoms with Crippen molar-refractivity contribution in [2.75, 3.05) is 0 Å². The maximum Gasteiger partial charge on any atom is 0.0725 e. The average Bonchev–Trinajstić information content (AvgIpc) is 1.50. The third-order valence-corrected chi connectivity index (χ3v) is 25.7. The van der Waals surface area contributed by atoms with E-state index in [4.69, 9.17) is 0 Å². The van der Waals surface area contributed by atoms with Crippen molar-refractivity contribution in [1.29, 1.82) is 0 Å². The normalized spacial score (nSPS) is 13.4. The SMILES string of the molecule is CC1(C)c2ccccc2-c2cc3c(cc21)c1ccc(-c2cccc(-c4ccccc4)c2)cc1n3-c1ccc(-c2cccc3c2sc2ccccc23)cc1.c1ccc2c(c1)-c1ccccc1C21c2ccccc2-c2cc3c(cc21)c1ccccc1n3-c1ccc(-c2cccc3c2sc2ccccc23)cc1. The first-order chi connectivity index (χ1) is 51.3. The summed E-state index contributed by atoms with van der Waals surface area (Å²) in [6, 6.07) is 131. The highest BCUT2D eigenvalue weighted by molar-refractivity contribution is 7.26. The van der Waals surface area contributed by atoms with Crippen LogP contribution in [0.25, 0.3) is 173 Å². The Labute approximate surface area is 610 Å². The molecule has 4 heteroatoms. The highest BCUT2D eigenvalue weighted by Crippen LogP contribution is 2.64. The maximum atomic E-state index is 2.53. The van der Waals surface area contributed by atoms with Gasteiger partial charge in [0, 0.05) is 78.7 Å². The average molecular weight is 1360 g/mol. The van der Waals surface area contributed by atoms with Gasteiger partial charge in [0.25, 0.3) is 0 Å². The third-order valence-electron chi connectivity index (χ3n) is 23.2. The number of thiophene rings is 2. The van der Waals surface area contributed by atoms with Crippen LogP contribution in [-0.2, 0) is 10.8 Å². The molecule has 0 saturated heterocycles. The molecule has 1 spiro atoms. The van der Waals surface area contributed by atoms with E-state index in [-0.39, 0.29) is 10.8 Å². The summed E-state index contributed by atoms with van der Waals surface area (Å²) >= 11 is 3.78. The number of benzene rings is 16. The molecule has 23 rings (SSSR count). The predicted octanol–water partition coefficient (Wildman–Crippen LogP) is 27.6. The molecule has 4 aromatic heterocycles. The molecule has 0 radical (unpaired) electrons. The van der Waals surface area contributed by atoms with Crippen molar-refractivity contribution >= 4 is 107 Å². The van der Waals surface area contributed by atoms with Crippen LogP contribution in [0.5, 0.6) is 0 Å². The van der Waals surface area contributed by atoms with Crippen molar-refractivity contribution in [3.63, 3.8) is 0 Å². The molecule has 0 unspecified atom stereocenters. The van der Waals surface area contributed by atoms with Gasteiger partial charge in [0.15, 0.2) is 0 Å². The smallest absolute Gasteiger partial charge is 0.0725 e. The molecule has 0 saturated carbocycles. The molecule has 20 aromatic rings. The van der Waals surface area contributed by atoms with Gasteiger partial charge in [-0.1, -0.05) is 287 Å². The minimum Gasteiger partial charge on any atom is -0.309 e. The van der Waals surface area contributed by atoms with Crippen LogP contribution in [0.1, 0.15) is 47.2 Å². The molecule has 3 aliphatic carbocycles. The molecule has 486 valence electrons. The summed E-state index contributed by atoms with van der Waals surface area (Å²) in [6.07, 6.45) is 0. The Balaban J connectivity index is 0.000000131. The molecular weight excluding hydrogens is 1290 g/mol. The Kier molecular flexibility index (Phi) is 12.8. The van der Waals surface area contributed by atoms with Gasteiger partial charge in [-0.05, 0) is 190 Å². The van der Waals surface area contributed by atoms with Gasteiger partial charge in [0.05, 0.1) is 27.5 Å². The summed E-state index contributed by atoms with van der Waals surface area (Å²) in [5.74, 6) is 0. The maximum absolute atomic E-state index is 2.53. The van der Waals surface area contributed by atoms with Gasteiger partial charge in [-0.2, -0.15) is 0 Å². The Morgan fingerprint density at radius 1 is 0.212 bits per heavy atom. The molecule has 0 fully saturated rings. The van der Waals surface area contributed by atoms with E-state index < -0.39 is 0 Å². The van der Waals surface area contributed by atoms with Gasteiger partial charge in [-0.15, -0.1) is 22.7 Å². The number of nitrogens with zero attached hydrogens (tertiary/aromatic N) is 2. The zero-order valence-corrected chi connectivity index (χ0v) is 58.8. The van der Waals surface area contributed by atoms with E-state index in [9.17, 15) is 0 Å². The van der Waals surface area contributed by atoms with Crippen molar-refractivity contribution < 1.29 is 0 Å². The zero-order valence-electron chi connectivity index (χ0n) is 57.2. The second-order valence-electron chi connectivity index (χ2n) is 28.9. The first kappa shape index (κ1) is 59.3. The molecular formula is C100H64N2S2. The van der Waals surface area contributed by atoms with Gasteiger partial charge in [0.1, 0.15) is 0 Å². The molecule has 0 aliphatic heterocycles. The van der Waals surface area contributed by atoms with Crippen molar-refractivity contribution in [3.8, 4) is 89.3 Å². The Morgan fingerprint density at radius 2 is 0.587 bits per heavy atom. The van der Waals surface area contributed by atoms with Gasteiger partial charge in [-0.25, -0.2) is 0 Å². The number of aromatic nitrogens is 2. The van der Waals surface area contributed by atoms with E-state index in [1.807, 2.05) is 22.7 Å². The standard InChI is InChI=1S/C51H35NS.C49H29NS/c1-51(2)45-20-8-6-16-39(45)43-31-48-44(30-46(43)51)40-27-24-36(35-15-10-14-34(28-35)32-12-4-3-5-13-32)29-47(40)52(48)37-25-22-33(23-26-37)38-18-11-19-42-41-17-7-9-21-49(41)53-50(38)42;1-6-19-41-33(12-1)34-13-2-7-20-42(34)49(41)43-21-8-3-14-35(43)39-29-46-40(28-44(39)49)36-15-4-9-22-45(36)50(46)31-26-24-30(25-27-31)32-17-11-18-38-37-16-5-10-23-47(37)51-48(32)38/h3-31H,1-2H3;1-29H. The van der Waals surface area contributed by atoms with E-state index in [0.717, 1.165) is 5.69 Å². The molecule has 4 heterocycles. The molecule has 0 amide bonds. The molecule has 0 atom stereocenters. The fourth-order valence-corrected chi connectivity index (χ4v) is 21.0. The van der Waals surface area contributed by atoms with Gasteiger partial charge in [0.2, 0.25) is 0 Å². The third kappa shape index (κ3) is 8.49. The van der Waals surface area contributed by atoms with Crippen LogP contribution < -0.4 is 0 Å². The minimum atomic E-state index is -0.355. The number of hydrogen-bond donors (Lipinski definition) is 0. The van der Waals surface area contributed by atoms with Crippen molar-refractivity contribution in [3.05, 3.63) is 385 Å². The lowest BCUT2D eigenvalue weighted by molar-refractivity contribution is 0.661. The summed E-state index contributed by atoms with van der Waals surface area (Å²) in [5.41, 5.74) is 33.1. The Bertz CT molecular complexity index is 6950. The number of rotatable bonds is 6. The summed E-state index contributed by atoms with van der Waals surface area (Å²) in [7, 11) is 0. The molecule has 3 aliphatic rings. The van der Waals surface area contributed by atoms with Gasteiger partial charge >= 0.3 is 0 Å². The lowest BCUT2D eigenvalue weighted by Gasteiger charge is -2.30. The first-order valence-corrected chi connectivity index (χ1v) is 37.7. The second-order valence-corrected chi connectivity index (χ2v) is 31.0. The monoisotopic (exact) mass is 1360 g/mol. The quantitative estimate of drug-likeness (QED) is 0.157. The molecule has 2 nitrogen and oxygen atoms in total. The fourth-order valence-electron chi connectivity index (χ4n) is 18.5. The van der Waals surface area contributed by atoms with Crippen LogP contribution in [0.2, 0.25) is 0 Å². The zero-order chi connectivity index (χ0) is 68.5. The van der Waals surface area contributed by atoms with Gasteiger partial charge in [-0.3, -0.25) is 0 Å². The van der Waals surface area contributed by atoms with Crippen LogP contribution >= 0.6 is 22.7 Å². The Morgan fingerprint density at radius 3 is 1.16 bits per heavy atom. The van der Waals surface area contributed by atoms with Crippen LogP contribution in [0, 0.1) is 0 Å². The van der Waals surface area contributed by atoms with Gasteiger partial charge < -0.3 is 9.13 Å². The molecule has 0 N–H and O–H groups in total. The van der Waals surface area contributed by atoms with E-state index in [1.54, 1.807) is 0 Å². The number of fused-ring (bicyclic) bond motifs is 25. The fraction of sp³-hybridized carbons (Fsp3) is 0.0400. The number of hydrogen-bond acceptors (Lipinski definition) is 2. The predicted molar refractivity (Wildman–Crippen MR) is 443 cm³/mol. The number of para-hydroxylation sites is 1. The van der Waals surface area contributed by atoms with Crippen molar-refractivity contribution in [2.24, 2.45) is 0 Å². The first-order valence-electron chi connectivity index (χ1n) is 36.1. The second kappa shape index (κ2) is 22.5. The summed E-state index contributed by atoms with van der Waals surface area (Å²) in [4.78, 5) is 0. The lowest BCUT2D eigenvalue weighted by Crippen LogP contribution is -2.25. The lowest BCUT2D eigenvalue weighted by atomic mass is 9.70. The van der Waals surface area contributed by atoms with E-state index >= 15 is 0 Å². The van der Waals surface area contributed by atoms with Crippen LogP contribution in [-0.4, -0.2) is 9.13 Å². The molecule has 0 bridgehead atoms. The highest BCUT2D eigenvalue weighted by Gasteiger charge is 2.52. The minimum absolute atomic E-state index is 0.0678. The topological polar surface area (TPSA) is 9.86 Å². The van der Waals surface area contributed by atoms with Crippen LogP contribution in [0.15, 0.2) is 352 Å². The van der Waals surface area contributed by atoms with E-state index in [0.29, 0.717) is 0 Å². The van der Waals surface area contributed by atoms with Crippen molar-refractivity contribution in [1.82, 2.24) is 9.13 Å². The van der Waals surface area contributed by atoms with E-state index in [1.165, 1.54) is 201 Å². The highest BCUT2D eigenvalue weighted by atomic mass is 32.1. The van der Waals surface area contributed by atoms with E-state index in [2.05, 4.69) is 375 Å². The summed E-state index contributed by atoms with van der Waals surface area (Å²) in [6.45, 7) is 4.74. The summed E-state index contributed by atoms with van der Waals surface area (Å²) in [5, 5.41) is 10.5. The largest absolute Gasteiger partial charge is 0.309 e. The Hall–Kier alpha value is -12.4.